The van der Waals surface area contributed by atoms with Gasteiger partial charge in [0.05, 0.1) is 12.0 Å². The molecule has 0 bridgehead atoms. The molecule has 4 atom stereocenters. The Morgan fingerprint density at radius 1 is 0.750 bits per heavy atom. The largest absolute Gasteiger partial charge is 0.479 e. The van der Waals surface area contributed by atoms with Crippen molar-refractivity contribution in [2.24, 2.45) is 5.92 Å². The molecular weight excluding hydrogens is 512 g/mol. The number of carbonyl (C=O) groups is 3. The third kappa shape index (κ3) is 4.57. The van der Waals surface area contributed by atoms with Gasteiger partial charge in [-0.2, -0.15) is 0 Å². The van der Waals surface area contributed by atoms with Crippen molar-refractivity contribution in [3.05, 3.63) is 143 Å². The van der Waals surface area contributed by atoms with Gasteiger partial charge in [-0.05, 0) is 67.4 Å². The molecule has 5 rings (SSSR count). The molecular formula is C33H27F2NO4. The Hall–Kier alpha value is -4.65. The average molecular weight is 540 g/mol. The summed E-state index contributed by atoms with van der Waals surface area (Å²) in [6.07, 6.45) is 0. The van der Waals surface area contributed by atoms with E-state index in [9.17, 15) is 28.3 Å². The zero-order valence-electron chi connectivity index (χ0n) is 21.9. The predicted octanol–water partition coefficient (Wildman–Crippen LogP) is 6.60. The molecule has 1 N–H and O–H groups in total. The minimum absolute atomic E-state index is 0.239. The molecule has 1 aliphatic heterocycles. The number of nitrogens with zero attached hydrogens (tertiary/aromatic N) is 1. The van der Waals surface area contributed by atoms with Gasteiger partial charge < -0.3 is 10.0 Å². The zero-order valence-corrected chi connectivity index (χ0v) is 21.9. The van der Waals surface area contributed by atoms with Crippen LogP contribution in [-0.4, -0.2) is 33.2 Å². The van der Waals surface area contributed by atoms with Crippen LogP contribution in [0.2, 0.25) is 0 Å². The summed E-state index contributed by atoms with van der Waals surface area (Å²) >= 11 is 0. The number of ketones is 1. The summed E-state index contributed by atoms with van der Waals surface area (Å²) in [5, 5.41) is 10.8. The van der Waals surface area contributed by atoms with Crippen LogP contribution >= 0.6 is 0 Å². The predicted molar refractivity (Wildman–Crippen MR) is 146 cm³/mol. The molecule has 1 aliphatic rings. The first-order valence-corrected chi connectivity index (χ1v) is 12.9. The van der Waals surface area contributed by atoms with Gasteiger partial charge in [-0.25, -0.2) is 13.6 Å². The minimum atomic E-state index is -1.94. The molecule has 4 unspecified atom stereocenters. The molecule has 0 radical (unpaired) electrons. The summed E-state index contributed by atoms with van der Waals surface area (Å²) in [6, 6.07) is 24.8. The fraction of sp³-hybridized carbons (Fsp3) is 0.182. The van der Waals surface area contributed by atoms with Crippen LogP contribution in [0.15, 0.2) is 103 Å². The molecule has 202 valence electrons. The Labute approximate surface area is 230 Å². The number of carboxylic acid groups (broad SMARTS) is 1. The van der Waals surface area contributed by atoms with E-state index >= 15 is 0 Å². The van der Waals surface area contributed by atoms with Crippen molar-refractivity contribution in [2.75, 3.05) is 0 Å². The van der Waals surface area contributed by atoms with Crippen molar-refractivity contribution in [3.8, 4) is 0 Å². The normalized spacial score (nSPS) is 22.2. The smallest absolute Gasteiger partial charge is 0.330 e. The van der Waals surface area contributed by atoms with Crippen LogP contribution in [-0.2, 0) is 4.79 Å². The van der Waals surface area contributed by atoms with Gasteiger partial charge in [0.15, 0.2) is 5.78 Å². The lowest BCUT2D eigenvalue weighted by molar-refractivity contribution is -0.148. The number of carboxylic acids is 1. The second-order valence-electron chi connectivity index (χ2n) is 10.3. The first-order valence-electron chi connectivity index (χ1n) is 12.9. The molecule has 0 spiro atoms. The molecule has 7 heteroatoms. The molecule has 5 nitrogen and oxygen atoms in total. The second-order valence-corrected chi connectivity index (χ2v) is 10.3. The third-order valence-corrected chi connectivity index (χ3v) is 7.80. The molecule has 1 heterocycles. The number of carbonyl (C=O) groups excluding carboxylic acids is 2. The van der Waals surface area contributed by atoms with Gasteiger partial charge in [0, 0.05) is 17.0 Å². The number of halogens is 2. The van der Waals surface area contributed by atoms with Crippen LogP contribution in [0.4, 0.5) is 8.78 Å². The standard InChI is InChI=1S/C33H27F2NO4/c1-20-7-6-10-24(19-20)30(37)27-28(21-11-15-25(34)16-12-21)33(2,32(39)40)36(31(38)23-8-4-3-5-9-23)29(27)22-13-17-26(35)18-14-22/h3-19,27-29H,1-2H3,(H,39,40). The van der Waals surface area contributed by atoms with Gasteiger partial charge >= 0.3 is 5.97 Å². The van der Waals surface area contributed by atoms with Crippen molar-refractivity contribution in [2.45, 2.75) is 31.3 Å². The van der Waals surface area contributed by atoms with Crippen molar-refractivity contribution in [1.29, 1.82) is 0 Å². The lowest BCUT2D eigenvalue weighted by Crippen LogP contribution is -2.54. The van der Waals surface area contributed by atoms with E-state index in [1.54, 1.807) is 48.5 Å². The molecule has 4 aromatic rings. The topological polar surface area (TPSA) is 74.7 Å². The maximum atomic E-state index is 14.4. The van der Waals surface area contributed by atoms with E-state index < -0.39 is 46.9 Å². The van der Waals surface area contributed by atoms with Crippen LogP contribution in [0.3, 0.4) is 0 Å². The Balaban J connectivity index is 1.83. The molecule has 40 heavy (non-hydrogen) atoms. The number of benzene rings is 4. The maximum absolute atomic E-state index is 14.4. The van der Waals surface area contributed by atoms with E-state index in [1.807, 2.05) is 13.0 Å². The first kappa shape index (κ1) is 26.9. The van der Waals surface area contributed by atoms with Gasteiger partial charge in [0.25, 0.3) is 5.91 Å². The molecule has 0 aromatic heterocycles. The average Bonchev–Trinajstić information content (AvgIpc) is 3.23. The van der Waals surface area contributed by atoms with Crippen LogP contribution in [0.25, 0.3) is 0 Å². The summed E-state index contributed by atoms with van der Waals surface area (Å²) in [6.45, 7) is 3.26. The van der Waals surface area contributed by atoms with Crippen LogP contribution in [0.5, 0.6) is 0 Å². The lowest BCUT2D eigenvalue weighted by atomic mass is 9.71. The van der Waals surface area contributed by atoms with Gasteiger partial charge in [0.1, 0.15) is 17.2 Å². The lowest BCUT2D eigenvalue weighted by Gasteiger charge is -2.38. The Morgan fingerprint density at radius 2 is 1.30 bits per heavy atom. The van der Waals surface area contributed by atoms with E-state index in [-0.39, 0.29) is 11.3 Å². The molecule has 0 aliphatic carbocycles. The third-order valence-electron chi connectivity index (χ3n) is 7.80. The summed E-state index contributed by atoms with van der Waals surface area (Å²) in [5.74, 6) is -5.48. The molecule has 1 fully saturated rings. The number of hydrogen-bond donors (Lipinski definition) is 1. The fourth-order valence-corrected chi connectivity index (χ4v) is 5.93. The summed E-state index contributed by atoms with van der Waals surface area (Å²) in [4.78, 5) is 43.2. The highest BCUT2D eigenvalue weighted by atomic mass is 19.1. The van der Waals surface area contributed by atoms with Gasteiger partial charge in [-0.1, -0.05) is 66.2 Å². The molecule has 4 aromatic carbocycles. The van der Waals surface area contributed by atoms with E-state index in [4.69, 9.17) is 0 Å². The zero-order chi connectivity index (χ0) is 28.6. The van der Waals surface area contributed by atoms with Crippen LogP contribution < -0.4 is 0 Å². The van der Waals surface area contributed by atoms with Gasteiger partial charge in [-0.15, -0.1) is 0 Å². The van der Waals surface area contributed by atoms with Crippen molar-refractivity contribution in [1.82, 2.24) is 4.90 Å². The molecule has 1 amide bonds. The Kier molecular flexibility index (Phi) is 7.06. The van der Waals surface area contributed by atoms with E-state index in [0.717, 1.165) is 5.56 Å². The summed E-state index contributed by atoms with van der Waals surface area (Å²) in [7, 11) is 0. The van der Waals surface area contributed by atoms with Crippen LogP contribution in [0.1, 0.15) is 56.3 Å². The summed E-state index contributed by atoms with van der Waals surface area (Å²) in [5.41, 5.74) is 0.295. The van der Waals surface area contributed by atoms with E-state index in [1.165, 1.54) is 60.4 Å². The number of amides is 1. The second kappa shape index (κ2) is 10.5. The Bertz CT molecular complexity index is 1570. The monoisotopic (exact) mass is 539 g/mol. The highest BCUT2D eigenvalue weighted by Gasteiger charge is 2.64. The number of Topliss-reactive ketones (excluding diaryl/α,β-unsaturated/α-hetero) is 1. The van der Waals surface area contributed by atoms with Crippen molar-refractivity contribution in [3.63, 3.8) is 0 Å². The van der Waals surface area contributed by atoms with Gasteiger partial charge in [0.2, 0.25) is 0 Å². The van der Waals surface area contributed by atoms with Gasteiger partial charge in [-0.3, -0.25) is 9.59 Å². The van der Waals surface area contributed by atoms with Crippen LogP contribution in [0, 0.1) is 24.5 Å². The quantitative estimate of drug-likeness (QED) is 0.280. The highest BCUT2D eigenvalue weighted by Crippen LogP contribution is 2.57. The van der Waals surface area contributed by atoms with E-state index in [0.29, 0.717) is 16.7 Å². The minimum Gasteiger partial charge on any atom is -0.479 e. The fourth-order valence-electron chi connectivity index (χ4n) is 5.93. The summed E-state index contributed by atoms with van der Waals surface area (Å²) < 4.78 is 28.1. The van der Waals surface area contributed by atoms with Crippen molar-refractivity contribution < 1.29 is 28.3 Å². The number of rotatable bonds is 6. The number of aliphatic carboxylic acids is 1. The Morgan fingerprint density at radius 3 is 1.85 bits per heavy atom. The number of aryl methyl sites for hydroxylation is 1. The molecule has 0 saturated carbocycles. The molecule has 1 saturated heterocycles. The maximum Gasteiger partial charge on any atom is 0.330 e. The number of likely N-dealkylation sites (tertiary alicyclic amines) is 1. The number of hydrogen-bond acceptors (Lipinski definition) is 3. The highest BCUT2D eigenvalue weighted by molar-refractivity contribution is 6.04. The van der Waals surface area contributed by atoms with E-state index in [2.05, 4.69) is 0 Å². The first-order chi connectivity index (χ1) is 19.1. The SMILES string of the molecule is Cc1cccc(C(=O)C2C(c3ccc(F)cc3)N(C(=O)c3ccccc3)C(C)(C(=O)O)C2c2ccc(F)cc2)c1. The van der Waals surface area contributed by atoms with Crippen molar-refractivity contribution >= 4 is 17.7 Å².